The van der Waals surface area contributed by atoms with Gasteiger partial charge in [0.1, 0.15) is 6.07 Å². The van der Waals surface area contributed by atoms with Gasteiger partial charge in [0.25, 0.3) is 0 Å². The Balaban J connectivity index is 2.04. The zero-order valence-electron chi connectivity index (χ0n) is 14.8. The van der Waals surface area contributed by atoms with E-state index < -0.39 is 0 Å². The van der Waals surface area contributed by atoms with Gasteiger partial charge >= 0.3 is 0 Å². The Morgan fingerprint density at radius 1 is 1.04 bits per heavy atom. The fourth-order valence-electron chi connectivity index (χ4n) is 2.73. The largest absolute Gasteiger partial charge is 0.368 e. The van der Waals surface area contributed by atoms with Crippen LogP contribution in [0.5, 0.6) is 0 Å². The standard InChI is InChI=1S/C20H20N6/c1-13(2)8-18-16(12-24-20(22)26-18)19-23-11-15(10-21)17(25-19)9-14-6-4-3-5-7-14/h3-7,11-13H,8-9H2,1-2H3,(H2,22,24,26). The third-order valence-corrected chi connectivity index (χ3v) is 3.93. The maximum absolute atomic E-state index is 9.40. The molecule has 0 spiro atoms. The van der Waals surface area contributed by atoms with Crippen LogP contribution in [-0.2, 0) is 12.8 Å². The molecule has 0 radical (unpaired) electrons. The monoisotopic (exact) mass is 344 g/mol. The topological polar surface area (TPSA) is 101 Å². The van der Waals surface area contributed by atoms with E-state index in [4.69, 9.17) is 5.73 Å². The molecule has 130 valence electrons. The van der Waals surface area contributed by atoms with E-state index in [2.05, 4.69) is 39.9 Å². The number of nitrogens with zero attached hydrogens (tertiary/aromatic N) is 5. The molecule has 3 rings (SSSR count). The molecule has 0 atom stereocenters. The second-order valence-electron chi connectivity index (χ2n) is 6.51. The average molecular weight is 344 g/mol. The molecule has 0 aliphatic rings. The van der Waals surface area contributed by atoms with E-state index >= 15 is 0 Å². The van der Waals surface area contributed by atoms with Gasteiger partial charge in [0.05, 0.1) is 22.5 Å². The highest BCUT2D eigenvalue weighted by molar-refractivity contribution is 5.59. The Morgan fingerprint density at radius 3 is 2.50 bits per heavy atom. The summed E-state index contributed by atoms with van der Waals surface area (Å²) in [6.45, 7) is 4.23. The number of rotatable bonds is 5. The number of anilines is 1. The zero-order chi connectivity index (χ0) is 18.5. The molecule has 3 aromatic rings. The molecule has 0 unspecified atom stereocenters. The van der Waals surface area contributed by atoms with Crippen LogP contribution in [0.4, 0.5) is 5.95 Å². The van der Waals surface area contributed by atoms with Crippen molar-refractivity contribution in [2.24, 2.45) is 5.92 Å². The molecule has 2 aromatic heterocycles. The van der Waals surface area contributed by atoms with Crippen molar-refractivity contribution in [3.05, 3.63) is 65.2 Å². The second-order valence-corrected chi connectivity index (χ2v) is 6.51. The van der Waals surface area contributed by atoms with Gasteiger partial charge in [0.2, 0.25) is 5.95 Å². The molecule has 2 heterocycles. The van der Waals surface area contributed by atoms with Crippen molar-refractivity contribution in [1.82, 2.24) is 19.9 Å². The molecular formula is C20H20N6. The summed E-state index contributed by atoms with van der Waals surface area (Å²) in [7, 11) is 0. The second kappa shape index (κ2) is 7.70. The molecule has 6 nitrogen and oxygen atoms in total. The van der Waals surface area contributed by atoms with E-state index in [0.717, 1.165) is 23.2 Å². The van der Waals surface area contributed by atoms with Crippen molar-refractivity contribution in [1.29, 1.82) is 5.26 Å². The quantitative estimate of drug-likeness (QED) is 0.763. The highest BCUT2D eigenvalue weighted by atomic mass is 15.0. The van der Waals surface area contributed by atoms with Crippen LogP contribution in [-0.4, -0.2) is 19.9 Å². The molecule has 0 fully saturated rings. The number of benzene rings is 1. The lowest BCUT2D eigenvalue weighted by atomic mass is 10.0. The first-order valence-electron chi connectivity index (χ1n) is 8.48. The minimum absolute atomic E-state index is 0.238. The molecular weight excluding hydrogens is 324 g/mol. The fourth-order valence-corrected chi connectivity index (χ4v) is 2.73. The Bertz CT molecular complexity index is 944. The molecule has 0 bridgehead atoms. The van der Waals surface area contributed by atoms with E-state index in [1.807, 2.05) is 30.3 Å². The SMILES string of the molecule is CC(C)Cc1nc(N)ncc1-c1ncc(C#N)c(Cc2ccccc2)n1. The maximum Gasteiger partial charge on any atom is 0.220 e. The zero-order valence-corrected chi connectivity index (χ0v) is 14.8. The molecule has 0 aliphatic heterocycles. The predicted octanol–water partition coefficient (Wildman–Crippen LogP) is 3.18. The van der Waals surface area contributed by atoms with Crippen LogP contribution in [0, 0.1) is 17.2 Å². The first-order valence-corrected chi connectivity index (χ1v) is 8.48. The lowest BCUT2D eigenvalue weighted by molar-refractivity contribution is 0.635. The van der Waals surface area contributed by atoms with Crippen molar-refractivity contribution >= 4 is 5.95 Å². The molecule has 0 amide bonds. The number of nitrogens with two attached hydrogens (primary N) is 1. The van der Waals surface area contributed by atoms with Gasteiger partial charge in [-0.05, 0) is 17.9 Å². The van der Waals surface area contributed by atoms with Crippen LogP contribution >= 0.6 is 0 Å². The predicted molar refractivity (Wildman–Crippen MR) is 100.0 cm³/mol. The smallest absolute Gasteiger partial charge is 0.220 e. The van der Waals surface area contributed by atoms with Crippen molar-refractivity contribution < 1.29 is 0 Å². The summed E-state index contributed by atoms with van der Waals surface area (Å²) in [6.07, 6.45) is 4.54. The Labute approximate surface area is 152 Å². The number of hydrogen-bond acceptors (Lipinski definition) is 6. The van der Waals surface area contributed by atoms with E-state index in [1.54, 1.807) is 12.4 Å². The van der Waals surface area contributed by atoms with Crippen LogP contribution in [0.25, 0.3) is 11.4 Å². The first-order chi connectivity index (χ1) is 12.6. The maximum atomic E-state index is 9.40. The van der Waals surface area contributed by atoms with Crippen molar-refractivity contribution in [3.8, 4) is 17.5 Å². The van der Waals surface area contributed by atoms with Crippen molar-refractivity contribution in [3.63, 3.8) is 0 Å². The van der Waals surface area contributed by atoms with Gasteiger partial charge in [-0.25, -0.2) is 19.9 Å². The van der Waals surface area contributed by atoms with Gasteiger partial charge in [-0.15, -0.1) is 0 Å². The van der Waals surface area contributed by atoms with E-state index in [9.17, 15) is 5.26 Å². The normalized spacial score (nSPS) is 10.7. The van der Waals surface area contributed by atoms with Gasteiger partial charge < -0.3 is 5.73 Å². The molecule has 0 saturated carbocycles. The molecule has 0 saturated heterocycles. The number of aromatic nitrogens is 4. The van der Waals surface area contributed by atoms with E-state index in [1.165, 1.54) is 0 Å². The van der Waals surface area contributed by atoms with Crippen molar-refractivity contribution in [2.45, 2.75) is 26.7 Å². The van der Waals surface area contributed by atoms with Crippen LogP contribution < -0.4 is 5.73 Å². The third-order valence-electron chi connectivity index (χ3n) is 3.93. The first kappa shape index (κ1) is 17.5. The lowest BCUT2D eigenvalue weighted by Crippen LogP contribution is -2.07. The summed E-state index contributed by atoms with van der Waals surface area (Å²) in [5.41, 5.74) is 9.58. The van der Waals surface area contributed by atoms with Crippen molar-refractivity contribution in [2.75, 3.05) is 5.73 Å². The summed E-state index contributed by atoms with van der Waals surface area (Å²) in [5.74, 6) is 1.17. The van der Waals surface area contributed by atoms with Gasteiger partial charge in [0, 0.05) is 18.8 Å². The molecule has 1 aromatic carbocycles. The number of hydrogen-bond donors (Lipinski definition) is 1. The summed E-state index contributed by atoms with van der Waals surface area (Å²) < 4.78 is 0. The Hall–Kier alpha value is -3.33. The van der Waals surface area contributed by atoms with E-state index in [-0.39, 0.29) is 5.95 Å². The van der Waals surface area contributed by atoms with Crippen LogP contribution in [0.1, 0.15) is 36.4 Å². The lowest BCUT2D eigenvalue weighted by Gasteiger charge is -2.11. The molecule has 2 N–H and O–H groups in total. The average Bonchev–Trinajstić information content (AvgIpc) is 2.62. The highest BCUT2D eigenvalue weighted by Crippen LogP contribution is 2.23. The fraction of sp³-hybridized carbons (Fsp3) is 0.250. The van der Waals surface area contributed by atoms with Crippen LogP contribution in [0.3, 0.4) is 0 Å². The molecule has 6 heteroatoms. The van der Waals surface area contributed by atoms with Crippen LogP contribution in [0.15, 0.2) is 42.7 Å². The van der Waals surface area contributed by atoms with Gasteiger partial charge in [-0.2, -0.15) is 5.26 Å². The minimum Gasteiger partial charge on any atom is -0.368 e. The van der Waals surface area contributed by atoms with Gasteiger partial charge in [0.15, 0.2) is 5.82 Å². The Morgan fingerprint density at radius 2 is 1.81 bits per heavy atom. The van der Waals surface area contributed by atoms with E-state index in [0.29, 0.717) is 29.4 Å². The van der Waals surface area contributed by atoms with Gasteiger partial charge in [-0.3, -0.25) is 0 Å². The summed E-state index contributed by atoms with van der Waals surface area (Å²) in [4.78, 5) is 17.5. The third kappa shape index (κ3) is 4.01. The highest BCUT2D eigenvalue weighted by Gasteiger charge is 2.15. The van der Waals surface area contributed by atoms with Crippen LogP contribution in [0.2, 0.25) is 0 Å². The summed E-state index contributed by atoms with van der Waals surface area (Å²) >= 11 is 0. The minimum atomic E-state index is 0.238. The summed E-state index contributed by atoms with van der Waals surface area (Å²) in [6, 6.07) is 12.1. The number of nitriles is 1. The Kier molecular flexibility index (Phi) is 5.18. The molecule has 0 aliphatic carbocycles. The number of nitrogen functional groups attached to an aromatic ring is 1. The van der Waals surface area contributed by atoms with Gasteiger partial charge in [-0.1, -0.05) is 44.2 Å². The summed E-state index contributed by atoms with van der Waals surface area (Å²) in [5, 5.41) is 9.40. The molecule has 26 heavy (non-hydrogen) atoms.